The maximum atomic E-state index is 13.4. The monoisotopic (exact) mass is 667 g/mol. The minimum absolute atomic E-state index is 0.0427. The molecule has 1 saturated carbocycles. The highest BCUT2D eigenvalue weighted by Crippen LogP contribution is 2.41. The third kappa shape index (κ3) is 6.19. The van der Waals surface area contributed by atoms with Crippen LogP contribution in [0.2, 0.25) is 0 Å². The summed E-state index contributed by atoms with van der Waals surface area (Å²) in [5, 5.41) is 18.0. The lowest BCUT2D eigenvalue weighted by molar-refractivity contribution is -0.683. The fourth-order valence-electron chi connectivity index (χ4n) is 5.84. The number of nitrogen functional groups attached to an aromatic ring is 1. The molecule has 4 aliphatic rings. The van der Waals surface area contributed by atoms with Crippen LogP contribution in [-0.2, 0) is 35.4 Å². The number of nitrogens with one attached hydrogen (secondary N) is 1. The van der Waals surface area contributed by atoms with E-state index in [1.807, 2.05) is 0 Å². The summed E-state index contributed by atoms with van der Waals surface area (Å²) < 4.78 is 1.57. The molecule has 5 heterocycles. The lowest BCUT2D eigenvalue weighted by Crippen LogP contribution is -2.71. The number of β-lactam (4-membered cyclic amide) rings is 1. The van der Waals surface area contributed by atoms with E-state index >= 15 is 0 Å². The van der Waals surface area contributed by atoms with Crippen LogP contribution < -0.4 is 26.3 Å². The van der Waals surface area contributed by atoms with Gasteiger partial charge in [0.15, 0.2) is 23.2 Å². The summed E-state index contributed by atoms with van der Waals surface area (Å²) in [7, 11) is 0. The minimum atomic E-state index is -1.32. The molecule has 15 nitrogen and oxygen atoms in total. The number of primary amides is 1. The Bertz CT molecular complexity index is 1710. The molecule has 6 N–H and O–H groups in total. The highest BCUT2D eigenvalue weighted by Gasteiger charge is 2.54. The molecule has 240 valence electrons. The van der Waals surface area contributed by atoms with Gasteiger partial charge in [-0.05, 0) is 49.8 Å². The molecule has 0 unspecified atom stereocenters. The molecule has 46 heavy (non-hydrogen) atoms. The van der Waals surface area contributed by atoms with Crippen molar-refractivity contribution < 1.29 is 38.5 Å². The Hall–Kier alpha value is -4.77. The zero-order valence-corrected chi connectivity index (χ0v) is 26.1. The minimum Gasteiger partial charge on any atom is -0.477 e. The number of oxime groups is 1. The second-order valence-electron chi connectivity index (χ2n) is 11.1. The summed E-state index contributed by atoms with van der Waals surface area (Å²) in [5.74, 6) is -3.25. The Morgan fingerprint density at radius 1 is 1.26 bits per heavy atom. The first-order valence-electron chi connectivity index (χ1n) is 14.6. The highest BCUT2D eigenvalue weighted by atomic mass is 32.2. The standard InChI is InChI=1S/C29H30N8O7S2/c30-20(38)12-35-8-3-4-17(11-35)36-9-7-15(25(36)40)10-16-13-45-27-22(26(41)37(27)23(16)28(42)43)33-24(39)21(19-14-46-29(31)32-19)34-44-18-5-1-2-6-18/h3-4,8,10-11,14,18,22,27H,1-2,5-7,9,12-13H2,(H5-,30,31,32,33,38,39,42,43)/p+1/t22-,27-/m1/s1. The van der Waals surface area contributed by atoms with Gasteiger partial charge < -0.3 is 31.6 Å². The summed E-state index contributed by atoms with van der Waals surface area (Å²) in [4.78, 5) is 76.2. The summed E-state index contributed by atoms with van der Waals surface area (Å²) in [6, 6.07) is 2.42. The molecule has 17 heteroatoms. The number of hydrogen-bond acceptors (Lipinski definition) is 11. The molecule has 0 bridgehead atoms. The smallest absolute Gasteiger partial charge is 0.352 e. The van der Waals surface area contributed by atoms with Crippen LogP contribution in [-0.4, -0.2) is 80.1 Å². The number of aromatic nitrogens is 2. The van der Waals surface area contributed by atoms with Crippen molar-refractivity contribution in [2.24, 2.45) is 10.9 Å². The molecule has 0 radical (unpaired) electrons. The van der Waals surface area contributed by atoms with E-state index < -0.39 is 35.1 Å². The van der Waals surface area contributed by atoms with Crippen LogP contribution in [0.15, 0.2) is 58.0 Å². The van der Waals surface area contributed by atoms with Crippen molar-refractivity contribution in [1.82, 2.24) is 15.2 Å². The summed E-state index contributed by atoms with van der Waals surface area (Å²) in [6.45, 7) is 0.311. The largest absolute Gasteiger partial charge is 0.477 e. The van der Waals surface area contributed by atoms with E-state index in [1.54, 1.807) is 34.5 Å². The molecule has 1 aliphatic carbocycles. The molecule has 6 rings (SSSR count). The van der Waals surface area contributed by atoms with Crippen molar-refractivity contribution in [3.63, 3.8) is 0 Å². The molecule has 4 amide bonds. The first kappa shape index (κ1) is 31.2. The maximum Gasteiger partial charge on any atom is 0.352 e. The van der Waals surface area contributed by atoms with Gasteiger partial charge >= 0.3 is 5.97 Å². The topological polar surface area (TPSA) is 214 Å². The third-order valence-corrected chi connectivity index (χ3v) is 10.0. The lowest BCUT2D eigenvalue weighted by Gasteiger charge is -2.49. The van der Waals surface area contributed by atoms with Gasteiger partial charge in [0, 0.05) is 29.3 Å². The number of carbonyl (C=O) groups excluding carboxylic acids is 4. The Labute approximate surface area is 270 Å². The van der Waals surface area contributed by atoms with Gasteiger partial charge in [0.2, 0.25) is 6.54 Å². The highest BCUT2D eigenvalue weighted by molar-refractivity contribution is 8.00. The van der Waals surface area contributed by atoms with E-state index in [0.717, 1.165) is 41.9 Å². The van der Waals surface area contributed by atoms with Crippen molar-refractivity contribution in [3.05, 3.63) is 58.5 Å². The number of hydrogen-bond donors (Lipinski definition) is 4. The number of nitrogens with two attached hydrogens (primary N) is 2. The number of fused-ring (bicyclic) bond motifs is 1. The number of nitrogens with zero attached hydrogens (tertiary/aromatic N) is 5. The summed E-state index contributed by atoms with van der Waals surface area (Å²) >= 11 is 2.41. The fraction of sp³-hybridized carbons (Fsp3) is 0.379. The third-order valence-electron chi connectivity index (χ3n) is 8.03. The average Bonchev–Trinajstić information content (AvgIpc) is 3.78. The van der Waals surface area contributed by atoms with Crippen LogP contribution in [0.3, 0.4) is 0 Å². The average molecular weight is 668 g/mol. The van der Waals surface area contributed by atoms with Gasteiger partial charge in [0.1, 0.15) is 34.6 Å². The van der Waals surface area contributed by atoms with Crippen LogP contribution >= 0.6 is 23.1 Å². The van der Waals surface area contributed by atoms with Gasteiger partial charge in [0.05, 0.1) is 0 Å². The summed E-state index contributed by atoms with van der Waals surface area (Å²) in [6.07, 6.45) is 8.73. The molecule has 2 saturated heterocycles. The number of rotatable bonds is 10. The molecule has 2 aromatic heterocycles. The molecule has 0 aromatic carbocycles. The number of amides is 4. The molecular weight excluding hydrogens is 637 g/mol. The second-order valence-corrected chi connectivity index (χ2v) is 13.1. The van der Waals surface area contributed by atoms with Crippen molar-refractivity contribution in [3.8, 4) is 0 Å². The van der Waals surface area contributed by atoms with Gasteiger partial charge in [-0.1, -0.05) is 5.16 Å². The van der Waals surface area contributed by atoms with E-state index in [1.165, 1.54) is 22.7 Å². The summed E-state index contributed by atoms with van der Waals surface area (Å²) in [5.41, 5.74) is 12.2. The first-order valence-corrected chi connectivity index (χ1v) is 16.5. The van der Waals surface area contributed by atoms with Crippen molar-refractivity contribution in [2.75, 3.05) is 22.9 Å². The predicted molar refractivity (Wildman–Crippen MR) is 167 cm³/mol. The van der Waals surface area contributed by atoms with Crippen LogP contribution in [0.4, 0.5) is 10.8 Å². The maximum absolute atomic E-state index is 13.4. The van der Waals surface area contributed by atoms with Gasteiger partial charge in [-0.3, -0.25) is 24.1 Å². The van der Waals surface area contributed by atoms with Crippen LogP contribution in [0.1, 0.15) is 37.8 Å². The van der Waals surface area contributed by atoms with Crippen LogP contribution in [0.5, 0.6) is 0 Å². The number of thioether (sulfide) groups is 1. The number of carboxylic acid groups (broad SMARTS) is 1. The Morgan fingerprint density at radius 3 is 2.74 bits per heavy atom. The fourth-order valence-corrected chi connectivity index (χ4v) is 7.69. The first-order chi connectivity index (χ1) is 22.1. The molecule has 2 aromatic rings. The number of thiazole rings is 1. The number of aliphatic carboxylic acids is 1. The van der Waals surface area contributed by atoms with E-state index in [0.29, 0.717) is 29.8 Å². The molecule has 2 atom stereocenters. The molecule has 0 spiro atoms. The van der Waals surface area contributed by atoms with Gasteiger partial charge in [-0.2, -0.15) is 4.57 Å². The van der Waals surface area contributed by atoms with Gasteiger partial charge in [-0.15, -0.1) is 23.1 Å². The number of carbonyl (C=O) groups is 5. The Balaban J connectivity index is 1.18. The SMILES string of the molecule is NC(=O)C[n+]1cccc(N2CCC(=CC3=C(C(=O)O)N4C(=O)[C@@H](NC(=O)C(=NOC5CCCC5)c5csc(N)n5)[C@H]4SC3)C2=O)c1. The molecular formula is C29H31N8O7S2+. The van der Waals surface area contributed by atoms with Crippen molar-refractivity contribution >= 4 is 69.2 Å². The zero-order chi connectivity index (χ0) is 32.5. The van der Waals surface area contributed by atoms with Gasteiger partial charge in [0.25, 0.3) is 23.6 Å². The predicted octanol–water partition coefficient (Wildman–Crippen LogP) is 0.263. The normalized spacial score (nSPS) is 22.7. The lowest BCUT2D eigenvalue weighted by atomic mass is 10.0. The van der Waals surface area contributed by atoms with Crippen molar-refractivity contribution in [1.29, 1.82) is 0 Å². The number of pyridine rings is 1. The Kier molecular flexibility index (Phi) is 8.77. The molecule has 3 aliphatic heterocycles. The van der Waals surface area contributed by atoms with E-state index in [9.17, 15) is 29.1 Å². The van der Waals surface area contributed by atoms with Crippen LogP contribution in [0.25, 0.3) is 0 Å². The van der Waals surface area contributed by atoms with Crippen LogP contribution in [0, 0.1) is 0 Å². The number of carboxylic acids is 1. The Morgan fingerprint density at radius 2 is 2.04 bits per heavy atom. The molecule has 3 fully saturated rings. The number of anilines is 2. The second kappa shape index (κ2) is 12.9. The van der Waals surface area contributed by atoms with E-state index in [2.05, 4.69) is 15.5 Å². The van der Waals surface area contributed by atoms with Crippen molar-refractivity contribution in [2.45, 2.75) is 56.2 Å². The van der Waals surface area contributed by atoms with Gasteiger partial charge in [-0.25, -0.2) is 9.78 Å². The number of allylic oxidation sites excluding steroid dienone is 1. The van der Waals surface area contributed by atoms with E-state index in [4.69, 9.17) is 16.3 Å². The quantitative estimate of drug-likeness (QED) is 0.0892. The van der Waals surface area contributed by atoms with E-state index in [-0.39, 0.29) is 46.5 Å². The zero-order valence-electron chi connectivity index (χ0n) is 24.5.